The lowest BCUT2D eigenvalue weighted by Crippen LogP contribution is -2.43. The lowest BCUT2D eigenvalue weighted by molar-refractivity contribution is 0.222. The fraction of sp³-hybridized carbons (Fsp3) is 0.500. The molecule has 4 nitrogen and oxygen atoms in total. The smallest absolute Gasteiger partial charge is 0.243 e. The van der Waals surface area contributed by atoms with E-state index in [-0.39, 0.29) is 9.88 Å². The predicted octanol–water partition coefficient (Wildman–Crippen LogP) is 1.99. The molecule has 1 heterocycles. The van der Waals surface area contributed by atoms with E-state index in [9.17, 15) is 8.42 Å². The second-order valence-electron chi connectivity index (χ2n) is 5.63. The summed E-state index contributed by atoms with van der Waals surface area (Å²) in [5.41, 5.74) is 6.07. The molecule has 1 aliphatic heterocycles. The van der Waals surface area contributed by atoms with Gasteiger partial charge in [-0.05, 0) is 24.3 Å². The zero-order valence-corrected chi connectivity index (χ0v) is 13.4. The highest BCUT2D eigenvalue weighted by molar-refractivity contribution is 7.89. The summed E-state index contributed by atoms with van der Waals surface area (Å²) in [6.45, 7) is 5.27. The summed E-state index contributed by atoms with van der Waals surface area (Å²) in [6, 6.07) is 6.68. The molecule has 0 saturated carbocycles. The Balaban J connectivity index is 2.43. The molecule has 0 spiro atoms. The molecule has 1 aromatic carbocycles. The summed E-state index contributed by atoms with van der Waals surface area (Å²) in [5, 5.41) is 0. The SMILES string of the molecule is CC1CC(C)CN(S(=O)(=O)c2ccccc2C(N)=S)C1. The van der Waals surface area contributed by atoms with E-state index < -0.39 is 10.0 Å². The van der Waals surface area contributed by atoms with E-state index in [2.05, 4.69) is 13.8 Å². The highest BCUT2D eigenvalue weighted by atomic mass is 32.2. The van der Waals surface area contributed by atoms with Gasteiger partial charge in [-0.1, -0.05) is 44.3 Å². The van der Waals surface area contributed by atoms with E-state index in [4.69, 9.17) is 18.0 Å². The van der Waals surface area contributed by atoms with Crippen LogP contribution in [0, 0.1) is 11.8 Å². The molecule has 0 aromatic heterocycles. The van der Waals surface area contributed by atoms with Crippen molar-refractivity contribution in [2.24, 2.45) is 17.6 Å². The predicted molar refractivity (Wildman–Crippen MR) is 84.0 cm³/mol. The van der Waals surface area contributed by atoms with Crippen molar-refractivity contribution in [3.05, 3.63) is 29.8 Å². The summed E-state index contributed by atoms with van der Waals surface area (Å²) in [4.78, 5) is 0.330. The van der Waals surface area contributed by atoms with Crippen molar-refractivity contribution in [1.29, 1.82) is 0 Å². The molecule has 0 radical (unpaired) electrons. The number of benzene rings is 1. The van der Waals surface area contributed by atoms with Crippen LogP contribution in [0.3, 0.4) is 0 Å². The molecule has 0 amide bonds. The summed E-state index contributed by atoms with van der Waals surface area (Å²) in [7, 11) is -3.54. The molecule has 2 unspecified atom stereocenters. The van der Waals surface area contributed by atoms with E-state index >= 15 is 0 Å². The molecule has 110 valence electrons. The molecule has 2 atom stereocenters. The van der Waals surface area contributed by atoms with Gasteiger partial charge in [0.25, 0.3) is 0 Å². The molecule has 1 saturated heterocycles. The first-order chi connectivity index (χ1) is 9.32. The van der Waals surface area contributed by atoms with Gasteiger partial charge in [0.05, 0.1) is 4.90 Å². The van der Waals surface area contributed by atoms with E-state index in [0.29, 0.717) is 30.5 Å². The molecular formula is C14H20N2O2S2. The van der Waals surface area contributed by atoms with E-state index in [1.807, 2.05) is 0 Å². The first kappa shape index (κ1) is 15.4. The van der Waals surface area contributed by atoms with Gasteiger partial charge in [0.15, 0.2) is 0 Å². The van der Waals surface area contributed by atoms with Crippen LogP contribution in [0.5, 0.6) is 0 Å². The van der Waals surface area contributed by atoms with Crippen molar-refractivity contribution in [2.45, 2.75) is 25.2 Å². The maximum Gasteiger partial charge on any atom is 0.243 e. The van der Waals surface area contributed by atoms with Gasteiger partial charge in [-0.25, -0.2) is 8.42 Å². The summed E-state index contributed by atoms with van der Waals surface area (Å²) < 4.78 is 27.2. The number of nitrogens with two attached hydrogens (primary N) is 1. The van der Waals surface area contributed by atoms with Crippen molar-refractivity contribution in [2.75, 3.05) is 13.1 Å². The highest BCUT2D eigenvalue weighted by Gasteiger charge is 2.33. The number of sulfonamides is 1. The van der Waals surface area contributed by atoms with Gasteiger partial charge in [-0.15, -0.1) is 0 Å². The van der Waals surface area contributed by atoms with Crippen molar-refractivity contribution in [3.63, 3.8) is 0 Å². The Morgan fingerprint density at radius 3 is 2.35 bits per heavy atom. The molecule has 2 rings (SSSR count). The zero-order valence-electron chi connectivity index (χ0n) is 11.7. The quantitative estimate of drug-likeness (QED) is 0.867. The van der Waals surface area contributed by atoms with Gasteiger partial charge in [0.1, 0.15) is 4.99 Å². The first-order valence-corrected chi connectivity index (χ1v) is 8.56. The molecule has 1 fully saturated rings. The van der Waals surface area contributed by atoms with Crippen molar-refractivity contribution >= 4 is 27.2 Å². The zero-order chi connectivity index (χ0) is 14.9. The summed E-state index contributed by atoms with van der Waals surface area (Å²) in [6.07, 6.45) is 1.06. The van der Waals surface area contributed by atoms with Crippen LogP contribution in [-0.4, -0.2) is 30.8 Å². The van der Waals surface area contributed by atoms with Gasteiger partial charge >= 0.3 is 0 Å². The monoisotopic (exact) mass is 312 g/mol. The Bertz CT molecular complexity index is 603. The fourth-order valence-electron chi connectivity index (χ4n) is 2.84. The average molecular weight is 312 g/mol. The number of hydrogen-bond acceptors (Lipinski definition) is 3. The molecular weight excluding hydrogens is 292 g/mol. The van der Waals surface area contributed by atoms with Crippen LogP contribution in [0.2, 0.25) is 0 Å². The van der Waals surface area contributed by atoms with Crippen molar-refractivity contribution < 1.29 is 8.42 Å². The van der Waals surface area contributed by atoms with E-state index in [0.717, 1.165) is 6.42 Å². The molecule has 1 aromatic rings. The van der Waals surface area contributed by atoms with Crippen LogP contribution >= 0.6 is 12.2 Å². The Kier molecular flexibility index (Phi) is 4.46. The van der Waals surface area contributed by atoms with Crippen LogP contribution in [0.15, 0.2) is 29.2 Å². The summed E-state index contributed by atoms with van der Waals surface area (Å²) in [5.74, 6) is 0.732. The minimum atomic E-state index is -3.54. The van der Waals surface area contributed by atoms with Crippen LogP contribution in [0.4, 0.5) is 0 Å². The van der Waals surface area contributed by atoms with E-state index in [1.54, 1.807) is 28.6 Å². The molecule has 6 heteroatoms. The van der Waals surface area contributed by atoms with Crippen LogP contribution in [-0.2, 0) is 10.0 Å². The fourth-order valence-corrected chi connectivity index (χ4v) is 4.96. The number of piperidine rings is 1. The third kappa shape index (κ3) is 3.02. The van der Waals surface area contributed by atoms with Gasteiger partial charge in [0, 0.05) is 18.7 Å². The molecule has 0 bridgehead atoms. The number of nitrogens with zero attached hydrogens (tertiary/aromatic N) is 1. The standard InChI is InChI=1S/C14H20N2O2S2/c1-10-7-11(2)9-16(8-10)20(17,18)13-6-4-3-5-12(13)14(15)19/h3-6,10-11H,7-9H2,1-2H3,(H2,15,19). The highest BCUT2D eigenvalue weighted by Crippen LogP contribution is 2.28. The minimum absolute atomic E-state index is 0.113. The minimum Gasteiger partial charge on any atom is -0.389 e. The summed E-state index contributed by atoms with van der Waals surface area (Å²) >= 11 is 4.96. The maximum absolute atomic E-state index is 12.8. The second kappa shape index (κ2) is 5.79. The van der Waals surface area contributed by atoms with Crippen LogP contribution < -0.4 is 5.73 Å². The van der Waals surface area contributed by atoms with Crippen LogP contribution in [0.25, 0.3) is 0 Å². The Morgan fingerprint density at radius 1 is 1.25 bits per heavy atom. The van der Waals surface area contributed by atoms with Gasteiger partial charge < -0.3 is 5.73 Å². The first-order valence-electron chi connectivity index (χ1n) is 6.71. The largest absolute Gasteiger partial charge is 0.389 e. The van der Waals surface area contributed by atoms with E-state index in [1.165, 1.54) is 0 Å². The number of rotatable bonds is 3. The van der Waals surface area contributed by atoms with Gasteiger partial charge in [-0.3, -0.25) is 0 Å². The molecule has 1 aliphatic rings. The number of thiocarbonyl (C=S) groups is 1. The van der Waals surface area contributed by atoms with Crippen molar-refractivity contribution in [1.82, 2.24) is 4.31 Å². The topological polar surface area (TPSA) is 63.4 Å². The maximum atomic E-state index is 12.8. The third-order valence-corrected chi connectivity index (χ3v) is 5.72. The molecule has 20 heavy (non-hydrogen) atoms. The lowest BCUT2D eigenvalue weighted by Gasteiger charge is -2.34. The molecule has 0 aliphatic carbocycles. The Hall–Kier alpha value is -0.980. The number of hydrogen-bond donors (Lipinski definition) is 1. The Morgan fingerprint density at radius 2 is 1.80 bits per heavy atom. The second-order valence-corrected chi connectivity index (χ2v) is 7.97. The lowest BCUT2D eigenvalue weighted by atomic mass is 9.94. The third-order valence-electron chi connectivity index (χ3n) is 3.61. The van der Waals surface area contributed by atoms with Crippen LogP contribution in [0.1, 0.15) is 25.8 Å². The van der Waals surface area contributed by atoms with Crippen molar-refractivity contribution in [3.8, 4) is 0 Å². The molecule has 2 N–H and O–H groups in total. The Labute approximate surface area is 126 Å². The van der Waals surface area contributed by atoms with Gasteiger partial charge in [-0.2, -0.15) is 4.31 Å². The normalized spacial score (nSPS) is 24.5. The average Bonchev–Trinajstić information content (AvgIpc) is 2.37. The van der Waals surface area contributed by atoms with Gasteiger partial charge in [0.2, 0.25) is 10.0 Å².